The number of likely N-dealkylation sites (tertiary alicyclic amines) is 1. The molecule has 0 aromatic heterocycles. The topological polar surface area (TPSA) is 70.7 Å². The quantitative estimate of drug-likeness (QED) is 0.702. The average Bonchev–Trinajstić information content (AvgIpc) is 3.15. The summed E-state index contributed by atoms with van der Waals surface area (Å²) in [5.41, 5.74) is 3.40. The van der Waals surface area contributed by atoms with Gasteiger partial charge in [0.1, 0.15) is 5.75 Å². The second kappa shape index (κ2) is 10.3. The monoisotopic (exact) mass is 409 g/mol. The minimum atomic E-state index is -0.0629. The molecule has 1 aliphatic rings. The lowest BCUT2D eigenvalue weighted by Gasteiger charge is -2.19. The summed E-state index contributed by atoms with van der Waals surface area (Å²) in [6, 6.07) is 16.2. The molecule has 2 atom stereocenters. The van der Waals surface area contributed by atoms with Crippen molar-refractivity contribution in [1.82, 2.24) is 15.5 Å². The van der Waals surface area contributed by atoms with E-state index in [1.54, 1.807) is 7.11 Å². The lowest BCUT2D eigenvalue weighted by Crippen LogP contribution is -2.35. The smallest absolute Gasteiger partial charge is 0.225 e. The first-order valence-corrected chi connectivity index (χ1v) is 10.4. The van der Waals surface area contributed by atoms with Crippen LogP contribution < -0.4 is 15.4 Å². The third-order valence-electron chi connectivity index (χ3n) is 5.66. The number of carbonyl (C=O) groups is 2. The van der Waals surface area contributed by atoms with Gasteiger partial charge < -0.3 is 20.3 Å². The molecule has 6 heteroatoms. The second-order valence-corrected chi connectivity index (χ2v) is 7.97. The third kappa shape index (κ3) is 5.83. The van der Waals surface area contributed by atoms with E-state index in [0.29, 0.717) is 13.1 Å². The summed E-state index contributed by atoms with van der Waals surface area (Å²) in [7, 11) is 3.71. The molecule has 0 bridgehead atoms. The molecular weight excluding hydrogens is 378 g/mol. The van der Waals surface area contributed by atoms with E-state index in [1.165, 1.54) is 18.1 Å². The maximum absolute atomic E-state index is 12.9. The number of nitrogens with zero attached hydrogens (tertiary/aromatic N) is 1. The number of nitrogens with one attached hydrogen (secondary N) is 2. The zero-order valence-corrected chi connectivity index (χ0v) is 18.0. The minimum Gasteiger partial charge on any atom is -0.497 e. The van der Waals surface area contributed by atoms with E-state index in [-0.39, 0.29) is 23.7 Å². The van der Waals surface area contributed by atoms with Gasteiger partial charge >= 0.3 is 0 Å². The number of methoxy groups -OCH3 is 1. The summed E-state index contributed by atoms with van der Waals surface area (Å²) in [6.07, 6.45) is 0.792. The summed E-state index contributed by atoms with van der Waals surface area (Å²) >= 11 is 0. The molecule has 160 valence electrons. The van der Waals surface area contributed by atoms with Crippen LogP contribution in [0.2, 0.25) is 0 Å². The predicted molar refractivity (Wildman–Crippen MR) is 117 cm³/mol. The molecule has 1 fully saturated rings. The van der Waals surface area contributed by atoms with Crippen LogP contribution in [0.15, 0.2) is 48.5 Å². The van der Waals surface area contributed by atoms with Crippen molar-refractivity contribution in [2.45, 2.75) is 25.8 Å². The lowest BCUT2D eigenvalue weighted by atomic mass is 9.88. The van der Waals surface area contributed by atoms with E-state index >= 15 is 0 Å². The Labute approximate surface area is 178 Å². The number of hydrogen-bond donors (Lipinski definition) is 2. The summed E-state index contributed by atoms with van der Waals surface area (Å²) in [4.78, 5) is 26.2. The zero-order chi connectivity index (χ0) is 21.5. The van der Waals surface area contributed by atoms with Gasteiger partial charge in [-0.2, -0.15) is 0 Å². The van der Waals surface area contributed by atoms with Gasteiger partial charge in [-0.05, 0) is 42.3 Å². The van der Waals surface area contributed by atoms with Gasteiger partial charge in [-0.15, -0.1) is 0 Å². The highest BCUT2D eigenvalue weighted by Crippen LogP contribution is 2.32. The van der Waals surface area contributed by atoms with Crippen LogP contribution in [0.3, 0.4) is 0 Å². The Morgan fingerprint density at radius 3 is 2.30 bits per heavy atom. The van der Waals surface area contributed by atoms with Crippen LogP contribution in [0.1, 0.15) is 29.5 Å². The maximum Gasteiger partial charge on any atom is 0.225 e. The van der Waals surface area contributed by atoms with E-state index in [9.17, 15) is 9.59 Å². The number of ether oxygens (including phenoxy) is 1. The summed E-state index contributed by atoms with van der Waals surface area (Å²) in [6.45, 7) is 4.28. The van der Waals surface area contributed by atoms with Crippen LogP contribution in [-0.4, -0.2) is 50.5 Å². The van der Waals surface area contributed by atoms with Crippen molar-refractivity contribution in [3.8, 4) is 5.75 Å². The molecule has 1 saturated heterocycles. The van der Waals surface area contributed by atoms with Crippen LogP contribution in [0, 0.1) is 5.92 Å². The van der Waals surface area contributed by atoms with Crippen LogP contribution in [-0.2, 0) is 22.6 Å². The Balaban J connectivity index is 1.56. The van der Waals surface area contributed by atoms with Crippen molar-refractivity contribution in [2.75, 3.05) is 33.8 Å². The summed E-state index contributed by atoms with van der Waals surface area (Å²) in [5.74, 6) is 1.02. The van der Waals surface area contributed by atoms with Gasteiger partial charge in [0.25, 0.3) is 0 Å². The number of likely N-dealkylation sites (N-methyl/N-ethyl adjacent to an activating group) is 1. The van der Waals surface area contributed by atoms with E-state index in [2.05, 4.69) is 34.7 Å². The summed E-state index contributed by atoms with van der Waals surface area (Å²) in [5, 5.41) is 5.93. The largest absolute Gasteiger partial charge is 0.497 e. The fourth-order valence-corrected chi connectivity index (χ4v) is 3.97. The van der Waals surface area contributed by atoms with E-state index < -0.39 is 0 Å². The van der Waals surface area contributed by atoms with Crippen LogP contribution in [0.5, 0.6) is 5.75 Å². The second-order valence-electron chi connectivity index (χ2n) is 7.97. The molecule has 2 N–H and O–H groups in total. The normalized spacial score (nSPS) is 18.8. The molecule has 1 heterocycles. The molecule has 6 nitrogen and oxygen atoms in total. The zero-order valence-electron chi connectivity index (χ0n) is 18.0. The Morgan fingerprint density at radius 2 is 1.67 bits per heavy atom. The van der Waals surface area contributed by atoms with Crippen LogP contribution in [0.25, 0.3) is 0 Å². The minimum absolute atomic E-state index is 0.0390. The molecule has 0 radical (unpaired) electrons. The van der Waals surface area contributed by atoms with Crippen molar-refractivity contribution in [3.05, 3.63) is 65.2 Å². The Morgan fingerprint density at radius 1 is 1.00 bits per heavy atom. The number of benzene rings is 2. The molecule has 2 aromatic rings. The van der Waals surface area contributed by atoms with Crippen molar-refractivity contribution < 1.29 is 14.3 Å². The number of carbonyl (C=O) groups excluding carboxylic acids is 2. The average molecular weight is 410 g/mol. The predicted octanol–water partition coefficient (Wildman–Crippen LogP) is 2.34. The molecule has 2 aromatic carbocycles. The summed E-state index contributed by atoms with van der Waals surface area (Å²) < 4.78 is 5.18. The molecule has 0 saturated carbocycles. The third-order valence-corrected chi connectivity index (χ3v) is 5.66. The Hall–Kier alpha value is -2.86. The molecule has 0 unspecified atom stereocenters. The molecule has 0 aliphatic carbocycles. The van der Waals surface area contributed by atoms with Gasteiger partial charge in [0.05, 0.1) is 13.0 Å². The highest BCUT2D eigenvalue weighted by atomic mass is 16.5. The molecular formula is C24H31N3O3. The van der Waals surface area contributed by atoms with Crippen LogP contribution >= 0.6 is 0 Å². The fourth-order valence-electron chi connectivity index (χ4n) is 3.97. The first-order valence-electron chi connectivity index (χ1n) is 10.4. The van der Waals surface area contributed by atoms with Crippen LogP contribution in [0.4, 0.5) is 0 Å². The highest BCUT2D eigenvalue weighted by Gasteiger charge is 2.36. The Kier molecular flexibility index (Phi) is 7.46. The fraction of sp³-hybridized carbons (Fsp3) is 0.417. The highest BCUT2D eigenvalue weighted by molar-refractivity contribution is 5.80. The Bertz CT molecular complexity index is 849. The standard InChI is InChI=1S/C24H31N3O3/c1-17(28)26-14-19-4-8-20(9-5-19)22-15-27(2)16-23(22)24(29)25-13-12-18-6-10-21(30-3)11-7-18/h4-11,22-23H,12-16H2,1-3H3,(H,25,29)(H,26,28)/t22-,23-/m0/s1. The van der Waals surface area contributed by atoms with Gasteiger partial charge in [-0.25, -0.2) is 0 Å². The van der Waals surface area contributed by atoms with Gasteiger partial charge in [0.2, 0.25) is 11.8 Å². The van der Waals surface area contributed by atoms with Gasteiger partial charge in [0, 0.05) is 39.0 Å². The maximum atomic E-state index is 12.9. The van der Waals surface area contributed by atoms with E-state index in [4.69, 9.17) is 4.74 Å². The molecule has 30 heavy (non-hydrogen) atoms. The van der Waals surface area contributed by atoms with Gasteiger partial charge in [-0.1, -0.05) is 36.4 Å². The lowest BCUT2D eigenvalue weighted by molar-refractivity contribution is -0.125. The molecule has 3 rings (SSSR count). The molecule has 1 aliphatic heterocycles. The van der Waals surface area contributed by atoms with Crippen molar-refractivity contribution in [1.29, 1.82) is 0 Å². The molecule has 0 spiro atoms. The van der Waals surface area contributed by atoms with E-state index in [1.807, 2.05) is 36.4 Å². The van der Waals surface area contributed by atoms with Crippen molar-refractivity contribution in [3.63, 3.8) is 0 Å². The number of amides is 2. The first-order chi connectivity index (χ1) is 14.5. The van der Waals surface area contributed by atoms with Crippen molar-refractivity contribution >= 4 is 11.8 Å². The van der Waals surface area contributed by atoms with E-state index in [0.717, 1.165) is 30.8 Å². The van der Waals surface area contributed by atoms with Crippen molar-refractivity contribution in [2.24, 2.45) is 5.92 Å². The van der Waals surface area contributed by atoms with Gasteiger partial charge in [0.15, 0.2) is 0 Å². The number of rotatable bonds is 8. The first kappa shape index (κ1) is 21.8. The number of hydrogen-bond acceptors (Lipinski definition) is 4. The molecule has 2 amide bonds. The SMILES string of the molecule is COc1ccc(CCNC(=O)[C@H]2CN(C)C[C@H]2c2ccc(CNC(C)=O)cc2)cc1. The van der Waals surface area contributed by atoms with Gasteiger partial charge in [-0.3, -0.25) is 9.59 Å².